The van der Waals surface area contributed by atoms with Crippen molar-refractivity contribution in [1.82, 2.24) is 4.57 Å². The summed E-state index contributed by atoms with van der Waals surface area (Å²) in [5.41, 5.74) is 0. The van der Waals surface area contributed by atoms with Gasteiger partial charge in [0.2, 0.25) is 0 Å². The van der Waals surface area contributed by atoms with E-state index in [0.29, 0.717) is 6.42 Å². The van der Waals surface area contributed by atoms with Crippen molar-refractivity contribution in [2.75, 3.05) is 0 Å². The molecule has 1 aromatic heterocycles. The molecule has 0 bridgehead atoms. The maximum Gasteiger partial charge on any atom is 0.303 e. The molecule has 0 atom stereocenters. The summed E-state index contributed by atoms with van der Waals surface area (Å²) in [5, 5.41) is 8.80. The predicted octanol–water partition coefficient (Wildman–Crippen LogP) is 4.34. The van der Waals surface area contributed by atoms with Crippen LogP contribution in [-0.2, 0) is 24.3 Å². The first-order chi connectivity index (χ1) is 11.2. The fourth-order valence-electron chi connectivity index (χ4n) is 3.07. The van der Waals surface area contributed by atoms with Gasteiger partial charge in [-0.25, -0.2) is 9.13 Å². The Labute approximate surface area is 141 Å². The molecular formula is C19H35N2O2+. The Kier molecular flexibility index (Phi) is 10.4. The van der Waals surface area contributed by atoms with Gasteiger partial charge in [0.15, 0.2) is 0 Å². The summed E-state index contributed by atoms with van der Waals surface area (Å²) < 4.78 is 4.60. The molecule has 4 nitrogen and oxygen atoms in total. The molecule has 1 aromatic rings. The highest BCUT2D eigenvalue weighted by atomic mass is 16.4. The summed E-state index contributed by atoms with van der Waals surface area (Å²) in [6, 6.07) is 0. The van der Waals surface area contributed by atoms with Crippen LogP contribution in [0, 0.1) is 0 Å². The van der Waals surface area contributed by atoms with Crippen molar-refractivity contribution >= 4 is 5.97 Å². The second-order valence-corrected chi connectivity index (χ2v) is 6.47. The smallest absolute Gasteiger partial charge is 0.303 e. The molecule has 1 heterocycles. The zero-order chi connectivity index (χ0) is 16.9. The summed E-state index contributed by atoms with van der Waals surface area (Å²) in [7, 11) is 0. The molecule has 1 rings (SSSR count). The van der Waals surface area contributed by atoms with Crippen LogP contribution < -0.4 is 4.57 Å². The maximum atomic E-state index is 10.7. The van der Waals surface area contributed by atoms with Gasteiger partial charge >= 0.3 is 5.97 Å². The number of hydrogen-bond donors (Lipinski definition) is 1. The SMILES string of the molecule is CCCCCCCCCc1n(CCCC(=O)O)cc[n+]1CCC. The van der Waals surface area contributed by atoms with E-state index in [1.807, 2.05) is 0 Å². The molecule has 0 aliphatic carbocycles. The molecule has 0 spiro atoms. The van der Waals surface area contributed by atoms with Crippen molar-refractivity contribution in [1.29, 1.82) is 0 Å². The number of rotatable bonds is 14. The first-order valence-electron chi connectivity index (χ1n) is 9.48. The van der Waals surface area contributed by atoms with Crippen LogP contribution in [0.2, 0.25) is 0 Å². The van der Waals surface area contributed by atoms with Crippen molar-refractivity contribution < 1.29 is 14.5 Å². The molecule has 0 aliphatic heterocycles. The van der Waals surface area contributed by atoms with Gasteiger partial charge in [-0.2, -0.15) is 0 Å². The van der Waals surface area contributed by atoms with E-state index in [-0.39, 0.29) is 6.42 Å². The van der Waals surface area contributed by atoms with E-state index in [2.05, 4.69) is 35.4 Å². The van der Waals surface area contributed by atoms with E-state index in [0.717, 1.165) is 25.9 Å². The van der Waals surface area contributed by atoms with E-state index in [4.69, 9.17) is 5.11 Å². The molecule has 0 unspecified atom stereocenters. The average molecular weight is 324 g/mol. The molecule has 0 radical (unpaired) electrons. The Bertz CT molecular complexity index is 441. The topological polar surface area (TPSA) is 46.1 Å². The highest BCUT2D eigenvalue weighted by Crippen LogP contribution is 2.10. The highest BCUT2D eigenvalue weighted by molar-refractivity contribution is 5.66. The zero-order valence-electron chi connectivity index (χ0n) is 15.1. The predicted molar refractivity (Wildman–Crippen MR) is 93.5 cm³/mol. The van der Waals surface area contributed by atoms with Crippen LogP contribution in [0.1, 0.15) is 83.9 Å². The van der Waals surface area contributed by atoms with Gasteiger partial charge in [0, 0.05) is 12.8 Å². The largest absolute Gasteiger partial charge is 0.481 e. The van der Waals surface area contributed by atoms with E-state index < -0.39 is 5.97 Å². The number of nitrogens with zero attached hydrogens (tertiary/aromatic N) is 2. The third-order valence-electron chi connectivity index (χ3n) is 4.35. The summed E-state index contributed by atoms with van der Waals surface area (Å²) in [4.78, 5) is 10.7. The summed E-state index contributed by atoms with van der Waals surface area (Å²) in [6.45, 7) is 6.32. The quantitative estimate of drug-likeness (QED) is 0.409. The maximum absolute atomic E-state index is 10.7. The first kappa shape index (κ1) is 19.7. The number of carboxylic acid groups (broad SMARTS) is 1. The Balaban J connectivity index is 2.42. The number of hydrogen-bond acceptors (Lipinski definition) is 1. The number of carboxylic acids is 1. The lowest BCUT2D eigenvalue weighted by atomic mass is 10.1. The van der Waals surface area contributed by atoms with Crippen LogP contribution in [0.3, 0.4) is 0 Å². The van der Waals surface area contributed by atoms with Crippen molar-refractivity contribution in [3.05, 3.63) is 18.2 Å². The minimum Gasteiger partial charge on any atom is -0.481 e. The third-order valence-corrected chi connectivity index (χ3v) is 4.35. The molecule has 4 heteroatoms. The van der Waals surface area contributed by atoms with Crippen LogP contribution >= 0.6 is 0 Å². The second-order valence-electron chi connectivity index (χ2n) is 6.47. The number of imidazole rings is 1. The fourth-order valence-corrected chi connectivity index (χ4v) is 3.07. The molecule has 0 aliphatic rings. The minimum absolute atomic E-state index is 0.253. The number of aliphatic carboxylic acids is 1. The monoisotopic (exact) mass is 323 g/mol. The minimum atomic E-state index is -0.702. The Morgan fingerprint density at radius 1 is 1.04 bits per heavy atom. The molecule has 0 saturated carbocycles. The fraction of sp³-hybridized carbons (Fsp3) is 0.789. The average Bonchev–Trinajstić information content (AvgIpc) is 2.89. The van der Waals surface area contributed by atoms with Crippen LogP contribution in [0.15, 0.2) is 12.4 Å². The van der Waals surface area contributed by atoms with Crippen LogP contribution in [0.4, 0.5) is 0 Å². The van der Waals surface area contributed by atoms with Crippen LogP contribution in [0.25, 0.3) is 0 Å². The number of unbranched alkanes of at least 4 members (excludes halogenated alkanes) is 6. The summed E-state index contributed by atoms with van der Waals surface area (Å²) >= 11 is 0. The van der Waals surface area contributed by atoms with Crippen LogP contribution in [0.5, 0.6) is 0 Å². The number of carbonyl (C=O) groups is 1. The standard InChI is InChI=1S/C19H34N2O2/c1-3-5-6-7-8-9-10-12-18-20(14-4-2)16-17-21(18)15-11-13-19(22)23/h16-17H,3-15H2,1-2H3/p+1. The van der Waals surface area contributed by atoms with Crippen molar-refractivity contribution in [2.24, 2.45) is 0 Å². The third kappa shape index (κ3) is 8.19. The van der Waals surface area contributed by atoms with Gasteiger partial charge in [-0.1, -0.05) is 52.4 Å². The Morgan fingerprint density at radius 3 is 2.39 bits per heavy atom. The first-order valence-corrected chi connectivity index (χ1v) is 9.48. The van der Waals surface area contributed by atoms with Crippen molar-refractivity contribution in [3.8, 4) is 0 Å². The van der Waals surface area contributed by atoms with E-state index in [9.17, 15) is 4.79 Å². The van der Waals surface area contributed by atoms with Gasteiger partial charge < -0.3 is 5.11 Å². The summed E-state index contributed by atoms with van der Waals surface area (Å²) in [6.07, 6.45) is 16.8. The summed E-state index contributed by atoms with van der Waals surface area (Å²) in [5.74, 6) is 0.665. The van der Waals surface area contributed by atoms with Crippen molar-refractivity contribution in [3.63, 3.8) is 0 Å². The molecular weight excluding hydrogens is 288 g/mol. The van der Waals surface area contributed by atoms with E-state index in [1.54, 1.807) is 0 Å². The van der Waals surface area contributed by atoms with Gasteiger partial charge in [-0.15, -0.1) is 0 Å². The van der Waals surface area contributed by atoms with E-state index in [1.165, 1.54) is 50.8 Å². The Morgan fingerprint density at radius 2 is 1.74 bits per heavy atom. The van der Waals surface area contributed by atoms with Gasteiger partial charge in [0.05, 0.1) is 13.1 Å². The lowest BCUT2D eigenvalue weighted by Gasteiger charge is -2.05. The molecule has 0 fully saturated rings. The highest BCUT2D eigenvalue weighted by Gasteiger charge is 2.16. The van der Waals surface area contributed by atoms with Crippen LogP contribution in [-0.4, -0.2) is 15.6 Å². The normalized spacial score (nSPS) is 11.0. The number of aromatic nitrogens is 2. The molecule has 0 aromatic carbocycles. The van der Waals surface area contributed by atoms with Gasteiger partial charge in [-0.05, 0) is 19.3 Å². The van der Waals surface area contributed by atoms with Gasteiger partial charge in [0.1, 0.15) is 12.4 Å². The van der Waals surface area contributed by atoms with E-state index >= 15 is 0 Å². The van der Waals surface area contributed by atoms with Gasteiger partial charge in [0.25, 0.3) is 5.82 Å². The van der Waals surface area contributed by atoms with Crippen molar-refractivity contribution in [2.45, 2.75) is 97.6 Å². The van der Waals surface area contributed by atoms with Gasteiger partial charge in [-0.3, -0.25) is 4.79 Å². The molecule has 0 saturated heterocycles. The lowest BCUT2D eigenvalue weighted by molar-refractivity contribution is -0.703. The number of aryl methyl sites for hydroxylation is 2. The molecule has 0 amide bonds. The molecule has 23 heavy (non-hydrogen) atoms. The lowest BCUT2D eigenvalue weighted by Crippen LogP contribution is -2.37. The zero-order valence-corrected chi connectivity index (χ0v) is 15.1. The molecule has 1 N–H and O–H groups in total. The second kappa shape index (κ2) is 12.1. The Hall–Kier alpha value is -1.32. The molecule has 132 valence electrons.